The van der Waals surface area contributed by atoms with Gasteiger partial charge in [-0.05, 0) is 12.5 Å². The van der Waals surface area contributed by atoms with E-state index in [4.69, 9.17) is 13.0 Å². The van der Waals surface area contributed by atoms with E-state index in [0.29, 0.717) is 6.42 Å². The second kappa shape index (κ2) is 11.2. The van der Waals surface area contributed by atoms with Crippen LogP contribution in [0.25, 0.3) is 0 Å². The number of hydrogen-bond donors (Lipinski definition) is 1. The third-order valence-corrected chi connectivity index (χ3v) is 1.30. The van der Waals surface area contributed by atoms with Gasteiger partial charge in [0.15, 0.2) is 0 Å². The van der Waals surface area contributed by atoms with Crippen LogP contribution in [0.5, 0.6) is 0 Å². The third kappa shape index (κ3) is 24.4. The fourth-order valence-corrected chi connectivity index (χ4v) is 0.883. The number of hydrogen-bond acceptors (Lipinski definition) is 3. The molecule has 1 N–H and O–H groups in total. The molecule has 0 aliphatic carbocycles. The van der Waals surface area contributed by atoms with Crippen molar-refractivity contribution in [1.82, 2.24) is 0 Å². The highest BCUT2D eigenvalue weighted by molar-refractivity contribution is 8.09. The molecule has 0 unspecified atom stereocenters. The molecule has 0 atom stereocenters. The average molecular weight is 295 g/mol. The van der Waals surface area contributed by atoms with Crippen LogP contribution >= 0.6 is 10.7 Å². The van der Waals surface area contributed by atoms with E-state index in [9.17, 15) is 4.79 Å². The molecule has 6 heteroatoms. The summed E-state index contributed by atoms with van der Waals surface area (Å²) < 4.78 is 25.2. The van der Waals surface area contributed by atoms with Crippen LogP contribution in [0.3, 0.4) is 0 Å². The molecule has 1 aromatic carbocycles. The molecule has 0 bridgehead atoms. The Kier molecular flexibility index (Phi) is 12.1. The summed E-state index contributed by atoms with van der Waals surface area (Å²) in [5.41, 5.74) is 1.09. The van der Waals surface area contributed by atoms with Gasteiger partial charge in [0.05, 0.1) is 0 Å². The molecule has 1 aromatic rings. The van der Waals surface area contributed by atoms with Crippen LogP contribution in [0.4, 0.5) is 0 Å². The standard InChI is InChI=1S/C9H10O.C3H8.ClHO3S/c1-8(10)7-9-5-3-2-4-6-9;1-3-2;1-5(2,3)4/h2-6H,7H2,1H3;3H2,1-2H3;(H,2,3,4). The lowest BCUT2D eigenvalue weighted by Gasteiger charge is -1.93. The average Bonchev–Trinajstić information content (AvgIpc) is 2.16. The molecule has 0 aromatic heterocycles. The largest absolute Gasteiger partial charge is 0.353 e. The predicted molar refractivity (Wildman–Crippen MR) is 74.2 cm³/mol. The van der Waals surface area contributed by atoms with Gasteiger partial charge >= 0.3 is 9.33 Å². The second-order valence-electron chi connectivity index (χ2n) is 3.48. The fraction of sp³-hybridized carbons (Fsp3) is 0.417. The van der Waals surface area contributed by atoms with Gasteiger partial charge in [-0.15, -0.1) is 0 Å². The lowest BCUT2D eigenvalue weighted by Crippen LogP contribution is -1.94. The van der Waals surface area contributed by atoms with Gasteiger partial charge in [-0.25, -0.2) is 0 Å². The van der Waals surface area contributed by atoms with E-state index < -0.39 is 9.33 Å². The quantitative estimate of drug-likeness (QED) is 0.671. The number of benzene rings is 1. The fourth-order valence-electron chi connectivity index (χ4n) is 0.883. The molecule has 0 aliphatic heterocycles. The topological polar surface area (TPSA) is 71.4 Å². The molecule has 0 spiro atoms. The third-order valence-electron chi connectivity index (χ3n) is 1.30. The van der Waals surface area contributed by atoms with E-state index in [1.807, 2.05) is 30.3 Å². The van der Waals surface area contributed by atoms with Gasteiger partial charge in [0.25, 0.3) is 0 Å². The zero-order valence-corrected chi connectivity index (χ0v) is 12.3. The Morgan fingerprint density at radius 2 is 1.56 bits per heavy atom. The van der Waals surface area contributed by atoms with Crippen molar-refractivity contribution in [2.75, 3.05) is 0 Å². The Hall–Kier alpha value is -0.910. The van der Waals surface area contributed by atoms with Gasteiger partial charge in [-0.1, -0.05) is 50.6 Å². The Morgan fingerprint density at radius 3 is 1.83 bits per heavy atom. The molecule has 18 heavy (non-hydrogen) atoms. The highest BCUT2D eigenvalue weighted by atomic mass is 35.7. The minimum Gasteiger partial charge on any atom is -0.300 e. The first-order chi connectivity index (χ1) is 8.20. The molecular weight excluding hydrogens is 276 g/mol. The van der Waals surface area contributed by atoms with Crippen molar-refractivity contribution in [3.8, 4) is 0 Å². The number of rotatable bonds is 2. The number of ketones is 1. The monoisotopic (exact) mass is 294 g/mol. The summed E-state index contributed by atoms with van der Waals surface area (Å²) in [5.74, 6) is 0.214. The lowest BCUT2D eigenvalue weighted by molar-refractivity contribution is -0.116. The molecule has 104 valence electrons. The molecule has 0 saturated carbocycles. The second-order valence-corrected chi connectivity index (χ2v) is 5.48. The van der Waals surface area contributed by atoms with Crippen molar-refractivity contribution in [3.05, 3.63) is 35.9 Å². The molecule has 0 fully saturated rings. The van der Waals surface area contributed by atoms with Gasteiger partial charge in [0.1, 0.15) is 5.78 Å². The van der Waals surface area contributed by atoms with Crippen LogP contribution in [-0.4, -0.2) is 18.8 Å². The van der Waals surface area contributed by atoms with Crippen LogP contribution in [0, 0.1) is 0 Å². The Bertz CT molecular complexity index is 407. The van der Waals surface area contributed by atoms with Crippen LogP contribution in [0.15, 0.2) is 30.3 Å². The predicted octanol–water partition coefficient (Wildman–Crippen LogP) is 3.26. The Morgan fingerprint density at radius 1 is 1.22 bits per heavy atom. The van der Waals surface area contributed by atoms with Gasteiger partial charge in [-0.3, -0.25) is 9.35 Å². The molecule has 1 rings (SSSR count). The molecular formula is C12H19ClO4S. The minimum absolute atomic E-state index is 0.214. The van der Waals surface area contributed by atoms with Crippen molar-refractivity contribution in [3.63, 3.8) is 0 Å². The van der Waals surface area contributed by atoms with Crippen molar-refractivity contribution in [2.45, 2.75) is 33.6 Å². The summed E-state index contributed by atoms with van der Waals surface area (Å²) in [5, 5.41) is 0. The SMILES string of the molecule is CC(=O)Cc1ccccc1.CCC.O=S(=O)(O)Cl. The normalized spacial score (nSPS) is 9.39. The molecule has 4 nitrogen and oxygen atoms in total. The molecule has 0 amide bonds. The van der Waals surface area contributed by atoms with Crippen molar-refractivity contribution in [1.29, 1.82) is 0 Å². The Labute approximate surface area is 113 Å². The van der Waals surface area contributed by atoms with Crippen LogP contribution in [0.2, 0.25) is 0 Å². The first kappa shape index (κ1) is 19.4. The highest BCUT2D eigenvalue weighted by Gasteiger charge is 1.93. The smallest absolute Gasteiger partial charge is 0.300 e. The maximum absolute atomic E-state index is 10.6. The van der Waals surface area contributed by atoms with E-state index in [2.05, 4.69) is 24.5 Å². The zero-order valence-electron chi connectivity index (χ0n) is 10.8. The summed E-state index contributed by atoms with van der Waals surface area (Å²) in [6.45, 7) is 5.85. The van der Waals surface area contributed by atoms with E-state index in [-0.39, 0.29) is 5.78 Å². The minimum atomic E-state index is -4.19. The summed E-state index contributed by atoms with van der Waals surface area (Å²) in [4.78, 5) is 10.6. The summed E-state index contributed by atoms with van der Waals surface area (Å²) in [6, 6.07) is 9.75. The van der Waals surface area contributed by atoms with Crippen molar-refractivity contribution in [2.24, 2.45) is 0 Å². The Balaban J connectivity index is 0. The number of Topliss-reactive ketones (excluding diaryl/α,β-unsaturated/α-hetero) is 1. The number of halogens is 1. The first-order valence-electron chi connectivity index (χ1n) is 5.41. The van der Waals surface area contributed by atoms with E-state index in [1.165, 1.54) is 6.42 Å². The first-order valence-corrected chi connectivity index (χ1v) is 7.67. The van der Waals surface area contributed by atoms with Crippen LogP contribution in [0.1, 0.15) is 32.8 Å². The van der Waals surface area contributed by atoms with E-state index in [0.717, 1.165) is 5.56 Å². The van der Waals surface area contributed by atoms with Crippen LogP contribution in [-0.2, 0) is 20.5 Å². The maximum atomic E-state index is 10.6. The molecule has 0 radical (unpaired) electrons. The summed E-state index contributed by atoms with van der Waals surface area (Å²) in [7, 11) is -0.137. The van der Waals surface area contributed by atoms with Crippen molar-refractivity contribution >= 4 is 25.8 Å². The van der Waals surface area contributed by atoms with Gasteiger partial charge in [-0.2, -0.15) is 8.42 Å². The summed E-state index contributed by atoms with van der Waals surface area (Å²) in [6.07, 6.45) is 1.81. The lowest BCUT2D eigenvalue weighted by atomic mass is 10.1. The zero-order chi connectivity index (χ0) is 14.6. The number of carbonyl (C=O) groups is 1. The number of carbonyl (C=O) groups excluding carboxylic acids is 1. The summed E-state index contributed by atoms with van der Waals surface area (Å²) >= 11 is 0. The molecule has 0 saturated heterocycles. The van der Waals surface area contributed by atoms with Crippen molar-refractivity contribution < 1.29 is 17.8 Å². The molecule has 0 heterocycles. The van der Waals surface area contributed by atoms with Crippen LogP contribution < -0.4 is 0 Å². The van der Waals surface area contributed by atoms with E-state index >= 15 is 0 Å². The van der Waals surface area contributed by atoms with Gasteiger partial charge in [0.2, 0.25) is 0 Å². The maximum Gasteiger partial charge on any atom is 0.353 e. The molecule has 0 aliphatic rings. The van der Waals surface area contributed by atoms with E-state index in [1.54, 1.807) is 6.92 Å². The van der Waals surface area contributed by atoms with Gasteiger partial charge < -0.3 is 0 Å². The van der Waals surface area contributed by atoms with Gasteiger partial charge in [0, 0.05) is 17.1 Å². The highest BCUT2D eigenvalue weighted by Crippen LogP contribution is 1.98.